The van der Waals surface area contributed by atoms with Crippen molar-refractivity contribution >= 4 is 63.6 Å². The normalized spacial score (nSPS) is 13.3. The molecule has 1 aliphatic heterocycles. The van der Waals surface area contributed by atoms with Crippen molar-refractivity contribution in [2.75, 3.05) is 21.3 Å². The largest absolute Gasteiger partial charge is 0.362 e. The molecule has 0 atom stereocenters. The lowest BCUT2D eigenvalue weighted by Crippen LogP contribution is -2.19. The van der Waals surface area contributed by atoms with E-state index in [-0.39, 0.29) is 11.9 Å². The molecule has 7 nitrogen and oxygen atoms in total. The number of anilines is 5. The molecule has 1 aromatic heterocycles. The summed E-state index contributed by atoms with van der Waals surface area (Å²) in [4.78, 5) is 28.0. The van der Waals surface area contributed by atoms with Crippen LogP contribution in [0.15, 0.2) is 79.0 Å². The second-order valence-corrected chi connectivity index (χ2v) is 8.58. The quantitative estimate of drug-likeness (QED) is 0.201. The number of amides is 3. The van der Waals surface area contributed by atoms with Crippen molar-refractivity contribution < 1.29 is 9.59 Å². The molecule has 5 rings (SSSR count). The number of nitrogens with one attached hydrogen (secondary N) is 5. The van der Waals surface area contributed by atoms with E-state index < -0.39 is 0 Å². The van der Waals surface area contributed by atoms with Gasteiger partial charge in [-0.15, -0.1) is 0 Å². The molecule has 174 valence electrons. The molecule has 0 saturated heterocycles. The number of rotatable bonds is 5. The van der Waals surface area contributed by atoms with Crippen molar-refractivity contribution in [1.29, 1.82) is 0 Å². The lowest BCUT2D eigenvalue weighted by Gasteiger charge is -2.14. The number of halogens is 1. The van der Waals surface area contributed by atoms with E-state index in [1.165, 1.54) is 0 Å². The molecule has 0 unspecified atom stereocenters. The molecule has 1 aliphatic rings. The van der Waals surface area contributed by atoms with Crippen molar-refractivity contribution in [3.05, 3.63) is 101 Å². The van der Waals surface area contributed by atoms with Crippen LogP contribution in [-0.4, -0.2) is 16.9 Å². The summed E-state index contributed by atoms with van der Waals surface area (Å²) in [6, 6.07) is 21.7. The predicted octanol–water partition coefficient (Wildman–Crippen LogP) is 6.86. The maximum absolute atomic E-state index is 12.5. The minimum Gasteiger partial charge on any atom is -0.362 e. The first-order chi connectivity index (χ1) is 16.9. The second-order valence-electron chi connectivity index (χ2n) is 8.14. The third-order valence-electron chi connectivity index (χ3n) is 5.60. The first kappa shape index (κ1) is 22.3. The van der Waals surface area contributed by atoms with E-state index in [2.05, 4.69) is 26.3 Å². The monoisotopic (exact) mass is 483 g/mol. The Morgan fingerprint density at radius 2 is 1.66 bits per heavy atom. The number of aromatic nitrogens is 1. The van der Waals surface area contributed by atoms with E-state index >= 15 is 0 Å². The number of benzene rings is 3. The van der Waals surface area contributed by atoms with E-state index in [9.17, 15) is 9.59 Å². The summed E-state index contributed by atoms with van der Waals surface area (Å²) < 4.78 is 0. The molecule has 5 N–H and O–H groups in total. The van der Waals surface area contributed by atoms with Crippen LogP contribution in [0.2, 0.25) is 5.02 Å². The van der Waals surface area contributed by atoms with Crippen molar-refractivity contribution in [2.24, 2.45) is 0 Å². The molecule has 2 heterocycles. The minimum atomic E-state index is -0.358. The van der Waals surface area contributed by atoms with Gasteiger partial charge in [-0.1, -0.05) is 23.7 Å². The fraction of sp³-hybridized carbons (Fsp3) is 0.0370. The number of aromatic amines is 1. The summed E-state index contributed by atoms with van der Waals surface area (Å²) >= 11 is 5.89. The Hall–Kier alpha value is -4.49. The van der Waals surface area contributed by atoms with Crippen LogP contribution in [0.5, 0.6) is 0 Å². The highest BCUT2D eigenvalue weighted by Gasteiger charge is 2.24. The second kappa shape index (κ2) is 9.40. The number of fused-ring (bicyclic) bond motifs is 1. The van der Waals surface area contributed by atoms with Gasteiger partial charge in [0, 0.05) is 45.2 Å². The molecule has 0 fully saturated rings. The highest BCUT2D eigenvalue weighted by atomic mass is 35.5. The molecule has 0 saturated carbocycles. The van der Waals surface area contributed by atoms with Gasteiger partial charge in [0.1, 0.15) is 0 Å². The van der Waals surface area contributed by atoms with Crippen molar-refractivity contribution in [3.63, 3.8) is 0 Å². The number of urea groups is 1. The van der Waals surface area contributed by atoms with Crippen LogP contribution in [0.25, 0.3) is 11.6 Å². The first-order valence-electron chi connectivity index (χ1n) is 11.0. The fourth-order valence-corrected chi connectivity index (χ4v) is 3.95. The Morgan fingerprint density at radius 3 is 2.43 bits per heavy atom. The summed E-state index contributed by atoms with van der Waals surface area (Å²) in [7, 11) is 0. The van der Waals surface area contributed by atoms with Crippen LogP contribution >= 0.6 is 11.6 Å². The van der Waals surface area contributed by atoms with Crippen molar-refractivity contribution in [3.8, 4) is 0 Å². The molecule has 4 aromatic rings. The third-order valence-corrected chi connectivity index (χ3v) is 5.85. The van der Waals surface area contributed by atoms with Gasteiger partial charge >= 0.3 is 6.03 Å². The summed E-state index contributed by atoms with van der Waals surface area (Å²) in [5.74, 6) is -0.138. The van der Waals surface area contributed by atoms with Gasteiger partial charge in [0.05, 0.1) is 11.3 Å². The molecule has 0 aliphatic carbocycles. The van der Waals surface area contributed by atoms with Gasteiger partial charge in [0.15, 0.2) is 0 Å². The molecular weight excluding hydrogens is 462 g/mol. The van der Waals surface area contributed by atoms with Crippen LogP contribution < -0.4 is 21.3 Å². The maximum Gasteiger partial charge on any atom is 0.323 e. The summed E-state index contributed by atoms with van der Waals surface area (Å²) in [6.07, 6.45) is 3.66. The lowest BCUT2D eigenvalue weighted by molar-refractivity contribution is -0.110. The van der Waals surface area contributed by atoms with Crippen LogP contribution in [0.3, 0.4) is 0 Å². The van der Waals surface area contributed by atoms with E-state index in [1.54, 1.807) is 24.3 Å². The van der Waals surface area contributed by atoms with Crippen LogP contribution in [-0.2, 0) is 4.79 Å². The van der Waals surface area contributed by atoms with Crippen LogP contribution in [0.1, 0.15) is 16.8 Å². The van der Waals surface area contributed by atoms with E-state index in [1.807, 2.05) is 67.7 Å². The zero-order valence-electron chi connectivity index (χ0n) is 18.8. The standard InChI is InChI=1S/C27H22ClN5O2/c1-16-4-7-21(32-27(35)31-18-8-5-17(28)6-9-18)14-24(16)30-20-10-11-22-23(13-19-3-2-12-29-19)26(34)33-25(22)15-20/h2-15,29-30H,1H3,(H,33,34)(H2,31,32,35). The van der Waals surface area contributed by atoms with E-state index in [4.69, 9.17) is 11.6 Å². The first-order valence-corrected chi connectivity index (χ1v) is 11.3. The molecule has 35 heavy (non-hydrogen) atoms. The van der Waals surface area contributed by atoms with Gasteiger partial charge in [0.2, 0.25) is 0 Å². The summed E-state index contributed by atoms with van der Waals surface area (Å²) in [5.41, 5.74) is 7.00. The van der Waals surface area contributed by atoms with Crippen molar-refractivity contribution in [1.82, 2.24) is 4.98 Å². The highest BCUT2D eigenvalue weighted by molar-refractivity contribution is 6.35. The molecular formula is C27H22ClN5O2. The SMILES string of the molecule is Cc1ccc(NC(=O)Nc2ccc(Cl)cc2)cc1Nc1ccc2c(c1)NC(=O)C2=Cc1ccc[nH]1. The smallest absolute Gasteiger partial charge is 0.323 e. The topological polar surface area (TPSA) is 98.0 Å². The molecule has 0 radical (unpaired) electrons. The number of H-pyrrole nitrogens is 1. The number of hydrogen-bond acceptors (Lipinski definition) is 3. The Morgan fingerprint density at radius 1 is 0.914 bits per heavy atom. The molecule has 0 spiro atoms. The number of hydrogen-bond donors (Lipinski definition) is 5. The van der Waals surface area contributed by atoms with Gasteiger partial charge in [-0.3, -0.25) is 4.79 Å². The van der Waals surface area contributed by atoms with Gasteiger partial charge in [-0.2, -0.15) is 0 Å². The fourth-order valence-electron chi connectivity index (χ4n) is 3.82. The zero-order chi connectivity index (χ0) is 24.4. The Bertz CT molecular complexity index is 1440. The number of carbonyl (C=O) groups excluding carboxylic acids is 2. The number of carbonyl (C=O) groups is 2. The third kappa shape index (κ3) is 5.05. The van der Waals surface area contributed by atoms with Gasteiger partial charge < -0.3 is 26.3 Å². The van der Waals surface area contributed by atoms with Gasteiger partial charge in [-0.05, 0) is 79.2 Å². The van der Waals surface area contributed by atoms with Gasteiger partial charge in [-0.25, -0.2) is 4.79 Å². The lowest BCUT2D eigenvalue weighted by atomic mass is 10.1. The Labute approximate surface area is 207 Å². The highest BCUT2D eigenvalue weighted by Crippen LogP contribution is 2.36. The molecule has 3 aromatic carbocycles. The summed E-state index contributed by atoms with van der Waals surface area (Å²) in [5, 5.41) is 12.5. The van der Waals surface area contributed by atoms with Crippen molar-refractivity contribution in [2.45, 2.75) is 6.92 Å². The van der Waals surface area contributed by atoms with E-state index in [0.717, 1.165) is 33.9 Å². The molecule has 3 amide bonds. The minimum absolute atomic E-state index is 0.138. The average molecular weight is 484 g/mol. The molecule has 0 bridgehead atoms. The number of aryl methyl sites for hydroxylation is 1. The van der Waals surface area contributed by atoms with Crippen LogP contribution in [0.4, 0.5) is 33.2 Å². The van der Waals surface area contributed by atoms with E-state index in [0.29, 0.717) is 22.0 Å². The predicted molar refractivity (Wildman–Crippen MR) is 142 cm³/mol. The Kier molecular flexibility index (Phi) is 5.99. The molecule has 8 heteroatoms. The summed E-state index contributed by atoms with van der Waals surface area (Å²) in [6.45, 7) is 1.98. The Balaban J connectivity index is 1.31. The maximum atomic E-state index is 12.5. The van der Waals surface area contributed by atoms with Crippen LogP contribution in [0, 0.1) is 6.92 Å². The van der Waals surface area contributed by atoms with Gasteiger partial charge in [0.25, 0.3) is 5.91 Å². The average Bonchev–Trinajstić information content (AvgIpc) is 3.45. The zero-order valence-corrected chi connectivity index (χ0v) is 19.5.